The van der Waals surface area contributed by atoms with Crippen molar-refractivity contribution in [3.63, 3.8) is 0 Å². The highest BCUT2D eigenvalue weighted by atomic mass is 32.2. The van der Waals surface area contributed by atoms with Crippen LogP contribution in [0.3, 0.4) is 0 Å². The molecule has 0 aromatic carbocycles. The number of rotatable bonds is 13. The molecular formula is C16H30N4O4S. The molecule has 0 aromatic rings. The summed E-state index contributed by atoms with van der Waals surface area (Å²) in [6.45, 7) is 1.23. The molecule has 2 aliphatic heterocycles. The molecular weight excluding hydrogens is 344 g/mol. The van der Waals surface area contributed by atoms with E-state index in [-0.39, 0.29) is 24.0 Å². The van der Waals surface area contributed by atoms with Gasteiger partial charge in [0.25, 0.3) is 0 Å². The predicted octanol–water partition coefficient (Wildman–Crippen LogP) is 1.21. The van der Waals surface area contributed by atoms with Gasteiger partial charge in [-0.1, -0.05) is 19.3 Å². The van der Waals surface area contributed by atoms with E-state index in [0.717, 1.165) is 57.2 Å². The Hall–Kier alpha value is -1.03. The number of nitrogens with one attached hydrogen (secondary N) is 3. The van der Waals surface area contributed by atoms with Crippen molar-refractivity contribution in [2.75, 3.05) is 18.9 Å². The molecule has 0 aromatic heterocycles. The number of unbranched alkanes of at least 4 members (excludes halogenated alkanes) is 4. The average Bonchev–Trinajstić information content (AvgIpc) is 3.13. The molecule has 0 spiro atoms. The monoisotopic (exact) mass is 374 g/mol. The summed E-state index contributed by atoms with van der Waals surface area (Å²) in [6.07, 6.45) is 7.52. The van der Waals surface area contributed by atoms with Crippen LogP contribution in [0.5, 0.6) is 0 Å². The zero-order valence-corrected chi connectivity index (χ0v) is 15.4. The van der Waals surface area contributed by atoms with E-state index in [1.165, 1.54) is 0 Å². The zero-order valence-electron chi connectivity index (χ0n) is 14.6. The van der Waals surface area contributed by atoms with Crippen molar-refractivity contribution in [1.82, 2.24) is 16.0 Å². The fraction of sp³-hybridized carbons (Fsp3) is 0.875. The van der Waals surface area contributed by atoms with Crippen LogP contribution in [0.2, 0.25) is 0 Å². The first kappa shape index (κ1) is 20.3. The summed E-state index contributed by atoms with van der Waals surface area (Å²) < 4.78 is 0. The quantitative estimate of drug-likeness (QED) is 0.167. The molecule has 0 bridgehead atoms. The molecule has 2 fully saturated rings. The molecule has 2 saturated heterocycles. The van der Waals surface area contributed by atoms with Crippen LogP contribution >= 0.6 is 11.8 Å². The van der Waals surface area contributed by atoms with E-state index < -0.39 is 0 Å². The van der Waals surface area contributed by atoms with E-state index >= 15 is 0 Å². The third-order valence-electron chi connectivity index (χ3n) is 4.63. The molecule has 3 atom stereocenters. The second kappa shape index (κ2) is 11.6. The standard InChI is InChI=1S/C16H30N4O4S/c17-24-23-10-6-2-1-5-9-18-14(21)8-4-3-7-13-15-12(11-25-13)19-16(22)20-15/h12-13,15H,1-11,17H2,(H,18,21)(H2,19,20,22)/t12-,13-,15-/m0/s1. The number of thioether (sulfide) groups is 1. The minimum Gasteiger partial charge on any atom is -0.356 e. The van der Waals surface area contributed by atoms with Gasteiger partial charge in [0.15, 0.2) is 0 Å². The Labute approximate surface area is 153 Å². The number of carbonyl (C=O) groups excluding carboxylic acids is 2. The van der Waals surface area contributed by atoms with Gasteiger partial charge in [-0.3, -0.25) is 4.79 Å². The molecule has 25 heavy (non-hydrogen) atoms. The molecule has 5 N–H and O–H groups in total. The normalized spacial score (nSPS) is 24.7. The molecule has 8 nitrogen and oxygen atoms in total. The maximum Gasteiger partial charge on any atom is 0.315 e. The molecule has 2 rings (SSSR count). The Balaban J connectivity index is 1.41. The van der Waals surface area contributed by atoms with Crippen molar-refractivity contribution >= 4 is 23.7 Å². The van der Waals surface area contributed by atoms with E-state index in [0.29, 0.717) is 18.3 Å². The second-order valence-corrected chi connectivity index (χ2v) is 7.82. The first-order valence-corrected chi connectivity index (χ1v) is 10.2. The number of hydrogen-bond acceptors (Lipinski definition) is 6. The van der Waals surface area contributed by atoms with Gasteiger partial charge >= 0.3 is 6.03 Å². The van der Waals surface area contributed by atoms with Crippen molar-refractivity contribution in [1.29, 1.82) is 0 Å². The highest BCUT2D eigenvalue weighted by Crippen LogP contribution is 2.33. The Kier molecular flexibility index (Phi) is 9.38. The average molecular weight is 375 g/mol. The molecule has 0 radical (unpaired) electrons. The Morgan fingerprint density at radius 3 is 2.88 bits per heavy atom. The topological polar surface area (TPSA) is 115 Å². The molecule has 2 heterocycles. The third kappa shape index (κ3) is 7.39. The fourth-order valence-corrected chi connectivity index (χ4v) is 4.82. The number of fused-ring (bicyclic) bond motifs is 1. The lowest BCUT2D eigenvalue weighted by molar-refractivity contribution is -0.299. The number of carbonyl (C=O) groups is 2. The van der Waals surface area contributed by atoms with Crippen molar-refractivity contribution in [3.05, 3.63) is 0 Å². The van der Waals surface area contributed by atoms with Gasteiger partial charge in [-0.05, 0) is 25.7 Å². The lowest BCUT2D eigenvalue weighted by Gasteiger charge is -2.16. The van der Waals surface area contributed by atoms with Crippen LogP contribution in [0.15, 0.2) is 0 Å². The van der Waals surface area contributed by atoms with Crippen LogP contribution in [0.25, 0.3) is 0 Å². The van der Waals surface area contributed by atoms with Crippen LogP contribution < -0.4 is 21.8 Å². The van der Waals surface area contributed by atoms with Crippen molar-refractivity contribution in [2.45, 2.75) is 68.7 Å². The van der Waals surface area contributed by atoms with Crippen LogP contribution in [0.4, 0.5) is 4.79 Å². The molecule has 0 unspecified atom stereocenters. The molecule has 2 aliphatic rings. The summed E-state index contributed by atoms with van der Waals surface area (Å²) >= 11 is 1.92. The first-order valence-electron chi connectivity index (χ1n) is 9.14. The van der Waals surface area contributed by atoms with Gasteiger partial charge in [-0.25, -0.2) is 9.68 Å². The minimum atomic E-state index is -0.0417. The van der Waals surface area contributed by atoms with Crippen molar-refractivity contribution < 1.29 is 19.5 Å². The summed E-state index contributed by atoms with van der Waals surface area (Å²) in [4.78, 5) is 31.7. The Morgan fingerprint density at radius 2 is 2.04 bits per heavy atom. The zero-order chi connectivity index (χ0) is 17.9. The molecule has 0 aliphatic carbocycles. The summed E-state index contributed by atoms with van der Waals surface area (Å²) in [6, 6.07) is 0.494. The number of urea groups is 1. The largest absolute Gasteiger partial charge is 0.356 e. The van der Waals surface area contributed by atoms with Gasteiger partial charge in [0.05, 0.1) is 18.7 Å². The van der Waals surface area contributed by atoms with E-state index in [9.17, 15) is 9.59 Å². The third-order valence-corrected chi connectivity index (χ3v) is 6.13. The maximum atomic E-state index is 11.8. The van der Waals surface area contributed by atoms with E-state index in [1.54, 1.807) is 0 Å². The smallest absolute Gasteiger partial charge is 0.315 e. The van der Waals surface area contributed by atoms with E-state index in [2.05, 4.69) is 25.8 Å². The molecule has 144 valence electrons. The van der Waals surface area contributed by atoms with Crippen molar-refractivity contribution in [3.8, 4) is 0 Å². The van der Waals surface area contributed by atoms with Crippen LogP contribution in [0.1, 0.15) is 51.4 Å². The summed E-state index contributed by atoms with van der Waals surface area (Å²) in [5.41, 5.74) is 0. The van der Waals surface area contributed by atoms with Gasteiger partial charge in [-0.2, -0.15) is 17.7 Å². The Bertz CT molecular complexity index is 427. The maximum absolute atomic E-state index is 11.8. The van der Waals surface area contributed by atoms with Crippen molar-refractivity contribution in [2.24, 2.45) is 5.90 Å². The highest BCUT2D eigenvalue weighted by molar-refractivity contribution is 8.00. The van der Waals surface area contributed by atoms with Crippen LogP contribution in [-0.4, -0.2) is 48.2 Å². The van der Waals surface area contributed by atoms with Crippen LogP contribution in [0, 0.1) is 0 Å². The number of amides is 3. The van der Waals surface area contributed by atoms with Crippen LogP contribution in [-0.2, 0) is 14.7 Å². The summed E-state index contributed by atoms with van der Waals surface area (Å²) in [7, 11) is 0. The Morgan fingerprint density at radius 1 is 1.20 bits per heavy atom. The molecule has 0 saturated carbocycles. The number of nitrogens with two attached hydrogens (primary N) is 1. The van der Waals surface area contributed by atoms with E-state index in [4.69, 9.17) is 5.90 Å². The summed E-state index contributed by atoms with van der Waals surface area (Å²) in [5, 5.41) is 9.39. The predicted molar refractivity (Wildman–Crippen MR) is 96.7 cm³/mol. The SMILES string of the molecule is NOOCCCCCCNC(=O)CCCC[C@@H]1SC[C@@H]2NC(=O)N[C@@H]21. The summed E-state index contributed by atoms with van der Waals surface area (Å²) in [5.74, 6) is 5.87. The minimum absolute atomic E-state index is 0.0417. The lowest BCUT2D eigenvalue weighted by Crippen LogP contribution is -2.36. The van der Waals surface area contributed by atoms with Gasteiger partial charge in [0.1, 0.15) is 0 Å². The number of hydrogen-bond donors (Lipinski definition) is 4. The van der Waals surface area contributed by atoms with E-state index in [1.807, 2.05) is 11.8 Å². The van der Waals surface area contributed by atoms with Gasteiger partial charge in [-0.15, -0.1) is 4.99 Å². The van der Waals surface area contributed by atoms with Gasteiger partial charge in [0, 0.05) is 24.0 Å². The first-order chi connectivity index (χ1) is 12.2. The highest BCUT2D eigenvalue weighted by Gasteiger charge is 2.42. The van der Waals surface area contributed by atoms with Gasteiger partial charge < -0.3 is 16.0 Å². The molecule has 9 heteroatoms. The second-order valence-electron chi connectivity index (χ2n) is 6.55. The fourth-order valence-electron chi connectivity index (χ4n) is 3.28. The lowest BCUT2D eigenvalue weighted by atomic mass is 10.0. The van der Waals surface area contributed by atoms with Gasteiger partial charge in [0.2, 0.25) is 5.91 Å². The molecule has 3 amide bonds.